The van der Waals surface area contributed by atoms with E-state index in [4.69, 9.17) is 0 Å². The van der Waals surface area contributed by atoms with Crippen molar-refractivity contribution in [1.82, 2.24) is 9.99 Å². The molecule has 1 heterocycles. The molecular formula is C8H13N5O2. The Kier molecular flexibility index (Phi) is 3.40. The molecule has 1 rings (SSSR count). The lowest BCUT2D eigenvalue weighted by Crippen LogP contribution is -2.21. The van der Waals surface area contributed by atoms with Crippen LogP contribution in [-0.4, -0.2) is 36.1 Å². The number of aromatic nitrogens is 1. The number of nitrogens with zero attached hydrogens (tertiary/aromatic N) is 3. The van der Waals surface area contributed by atoms with Crippen LogP contribution in [0.4, 0.5) is 17.3 Å². The van der Waals surface area contributed by atoms with Crippen molar-refractivity contribution in [2.24, 2.45) is 0 Å². The molecule has 1 aromatic rings. The maximum atomic E-state index is 10.7. The SMILES string of the molecule is CNc1ccc([N+](=O)[O-])c(NN(C)C)n1. The van der Waals surface area contributed by atoms with Gasteiger partial charge < -0.3 is 5.32 Å². The molecule has 0 aromatic carbocycles. The molecule has 0 aliphatic carbocycles. The Labute approximate surface area is 87.2 Å². The second-order valence-corrected chi connectivity index (χ2v) is 3.08. The van der Waals surface area contributed by atoms with Crippen LogP contribution in [0.5, 0.6) is 0 Å². The topological polar surface area (TPSA) is 83.3 Å². The Bertz CT molecular complexity index is 366. The van der Waals surface area contributed by atoms with Crippen molar-refractivity contribution in [1.29, 1.82) is 0 Å². The number of nitrogens with one attached hydrogen (secondary N) is 2. The molecule has 0 radical (unpaired) electrons. The van der Waals surface area contributed by atoms with Gasteiger partial charge in [0.15, 0.2) is 0 Å². The monoisotopic (exact) mass is 211 g/mol. The Hall–Kier alpha value is -1.89. The van der Waals surface area contributed by atoms with Gasteiger partial charge in [-0.05, 0) is 6.07 Å². The van der Waals surface area contributed by atoms with Gasteiger partial charge in [0.2, 0.25) is 5.82 Å². The lowest BCUT2D eigenvalue weighted by Gasteiger charge is -2.13. The van der Waals surface area contributed by atoms with E-state index >= 15 is 0 Å². The van der Waals surface area contributed by atoms with Crippen LogP contribution >= 0.6 is 0 Å². The fraction of sp³-hybridized carbons (Fsp3) is 0.375. The molecule has 82 valence electrons. The third kappa shape index (κ3) is 2.78. The van der Waals surface area contributed by atoms with Gasteiger partial charge in [0.05, 0.1) is 4.92 Å². The maximum absolute atomic E-state index is 10.7. The lowest BCUT2D eigenvalue weighted by atomic mass is 10.4. The molecule has 0 saturated carbocycles. The number of hydrogen-bond donors (Lipinski definition) is 2. The molecule has 7 heteroatoms. The van der Waals surface area contributed by atoms with Crippen molar-refractivity contribution >= 4 is 17.3 Å². The quantitative estimate of drug-likeness (QED) is 0.569. The van der Waals surface area contributed by atoms with Crippen molar-refractivity contribution in [2.45, 2.75) is 0 Å². The van der Waals surface area contributed by atoms with Crippen LogP contribution in [0.1, 0.15) is 0 Å². The van der Waals surface area contributed by atoms with Crippen molar-refractivity contribution < 1.29 is 4.92 Å². The highest BCUT2D eigenvalue weighted by Gasteiger charge is 2.15. The van der Waals surface area contributed by atoms with Crippen molar-refractivity contribution in [2.75, 3.05) is 31.9 Å². The Morgan fingerprint density at radius 1 is 1.47 bits per heavy atom. The van der Waals surface area contributed by atoms with Gasteiger partial charge in [-0.2, -0.15) is 0 Å². The van der Waals surface area contributed by atoms with E-state index in [1.54, 1.807) is 32.2 Å². The van der Waals surface area contributed by atoms with Crippen molar-refractivity contribution in [3.8, 4) is 0 Å². The molecule has 0 amide bonds. The van der Waals surface area contributed by atoms with Gasteiger partial charge in [-0.15, -0.1) is 0 Å². The molecule has 0 aliphatic heterocycles. The smallest absolute Gasteiger partial charge is 0.312 e. The number of pyridine rings is 1. The first kappa shape index (κ1) is 11.2. The van der Waals surface area contributed by atoms with Crippen LogP contribution in [-0.2, 0) is 0 Å². The molecular weight excluding hydrogens is 198 g/mol. The van der Waals surface area contributed by atoms with Crippen molar-refractivity contribution in [3.63, 3.8) is 0 Å². The summed E-state index contributed by atoms with van der Waals surface area (Å²) in [7, 11) is 5.17. The van der Waals surface area contributed by atoms with Gasteiger partial charge in [-0.25, -0.2) is 9.99 Å². The highest BCUT2D eigenvalue weighted by Crippen LogP contribution is 2.23. The van der Waals surface area contributed by atoms with E-state index in [0.717, 1.165) is 0 Å². The Balaban J connectivity index is 3.10. The van der Waals surface area contributed by atoms with E-state index in [-0.39, 0.29) is 11.5 Å². The summed E-state index contributed by atoms with van der Waals surface area (Å²) in [5, 5.41) is 15.1. The minimum Gasteiger partial charge on any atom is -0.373 e. The molecule has 7 nitrogen and oxygen atoms in total. The fourth-order valence-corrected chi connectivity index (χ4v) is 1.03. The molecule has 0 spiro atoms. The molecule has 0 atom stereocenters. The molecule has 15 heavy (non-hydrogen) atoms. The first-order valence-electron chi connectivity index (χ1n) is 4.31. The second kappa shape index (κ2) is 4.56. The Morgan fingerprint density at radius 3 is 2.60 bits per heavy atom. The summed E-state index contributed by atoms with van der Waals surface area (Å²) in [5.41, 5.74) is 2.72. The van der Waals surface area contributed by atoms with Gasteiger partial charge in [0, 0.05) is 27.2 Å². The van der Waals surface area contributed by atoms with Crippen molar-refractivity contribution in [3.05, 3.63) is 22.2 Å². The molecule has 0 aliphatic rings. The van der Waals surface area contributed by atoms with E-state index in [1.165, 1.54) is 6.07 Å². The largest absolute Gasteiger partial charge is 0.373 e. The summed E-state index contributed by atoms with van der Waals surface area (Å²) in [6.07, 6.45) is 0. The zero-order chi connectivity index (χ0) is 11.4. The van der Waals surface area contributed by atoms with E-state index in [0.29, 0.717) is 5.82 Å². The molecule has 0 fully saturated rings. The summed E-state index contributed by atoms with van der Waals surface area (Å²) in [6, 6.07) is 2.96. The van der Waals surface area contributed by atoms with Crippen LogP contribution in [0, 0.1) is 10.1 Å². The molecule has 0 bridgehead atoms. The molecule has 1 aromatic heterocycles. The van der Waals surface area contributed by atoms with Crippen LogP contribution in [0.2, 0.25) is 0 Å². The van der Waals surface area contributed by atoms with E-state index < -0.39 is 4.92 Å². The summed E-state index contributed by atoms with van der Waals surface area (Å²) >= 11 is 0. The molecule has 2 N–H and O–H groups in total. The third-order valence-electron chi connectivity index (χ3n) is 1.66. The number of anilines is 2. The van der Waals surface area contributed by atoms with Crippen LogP contribution in [0.15, 0.2) is 12.1 Å². The highest BCUT2D eigenvalue weighted by atomic mass is 16.6. The molecule has 0 unspecified atom stereocenters. The summed E-state index contributed by atoms with van der Waals surface area (Å²) < 4.78 is 0. The fourth-order valence-electron chi connectivity index (χ4n) is 1.03. The zero-order valence-electron chi connectivity index (χ0n) is 8.81. The third-order valence-corrected chi connectivity index (χ3v) is 1.66. The minimum absolute atomic E-state index is 0.0531. The second-order valence-electron chi connectivity index (χ2n) is 3.08. The van der Waals surface area contributed by atoms with Crippen LogP contribution in [0.25, 0.3) is 0 Å². The Morgan fingerprint density at radius 2 is 2.13 bits per heavy atom. The minimum atomic E-state index is -0.474. The standard InChI is InChI=1S/C8H13N5O2/c1-9-7-5-4-6(13(14)15)8(10-7)11-12(2)3/h4-5H,1-3H3,(H2,9,10,11). The van der Waals surface area contributed by atoms with Gasteiger partial charge in [0.25, 0.3) is 0 Å². The number of nitro groups is 1. The number of hydrazine groups is 1. The summed E-state index contributed by atoms with van der Waals surface area (Å²) in [4.78, 5) is 14.3. The predicted octanol–water partition coefficient (Wildman–Crippen LogP) is 0.920. The maximum Gasteiger partial charge on any atom is 0.312 e. The van der Waals surface area contributed by atoms with Gasteiger partial charge >= 0.3 is 5.69 Å². The van der Waals surface area contributed by atoms with Gasteiger partial charge in [0.1, 0.15) is 5.82 Å². The highest BCUT2D eigenvalue weighted by molar-refractivity contribution is 5.59. The average Bonchev–Trinajstić information content (AvgIpc) is 2.16. The zero-order valence-corrected chi connectivity index (χ0v) is 8.81. The predicted molar refractivity (Wildman–Crippen MR) is 57.7 cm³/mol. The first-order valence-corrected chi connectivity index (χ1v) is 4.31. The van der Waals surface area contributed by atoms with E-state index in [9.17, 15) is 10.1 Å². The summed E-state index contributed by atoms with van der Waals surface area (Å²) in [6.45, 7) is 0. The van der Waals surface area contributed by atoms with E-state index in [2.05, 4.69) is 15.7 Å². The number of rotatable bonds is 4. The van der Waals surface area contributed by atoms with E-state index in [1.807, 2.05) is 0 Å². The van der Waals surface area contributed by atoms with Gasteiger partial charge in [-0.3, -0.25) is 15.5 Å². The molecule has 0 saturated heterocycles. The average molecular weight is 211 g/mol. The lowest BCUT2D eigenvalue weighted by molar-refractivity contribution is -0.384. The van der Waals surface area contributed by atoms with Crippen LogP contribution in [0.3, 0.4) is 0 Å². The van der Waals surface area contributed by atoms with Crippen LogP contribution < -0.4 is 10.7 Å². The summed E-state index contributed by atoms with van der Waals surface area (Å²) in [5.74, 6) is 0.793. The van der Waals surface area contributed by atoms with Gasteiger partial charge in [-0.1, -0.05) is 0 Å². The normalized spacial score (nSPS) is 10.1. The number of hydrogen-bond acceptors (Lipinski definition) is 6. The first-order chi connectivity index (χ1) is 7.04.